The maximum Gasteiger partial charge on any atom is 0.137 e. The van der Waals surface area contributed by atoms with Crippen molar-refractivity contribution in [2.24, 2.45) is 0 Å². The smallest absolute Gasteiger partial charge is 0.137 e. The van der Waals surface area contributed by atoms with Crippen LogP contribution >= 0.6 is 0 Å². The summed E-state index contributed by atoms with van der Waals surface area (Å²) in [7, 11) is 1.63. The van der Waals surface area contributed by atoms with Gasteiger partial charge in [-0.2, -0.15) is 0 Å². The van der Waals surface area contributed by atoms with Crippen molar-refractivity contribution in [2.45, 2.75) is 19.4 Å². The topological polar surface area (TPSA) is 46.8 Å². The van der Waals surface area contributed by atoms with Gasteiger partial charge in [-0.3, -0.25) is 0 Å². The number of aromatic nitrogens is 2. The third-order valence-electron chi connectivity index (χ3n) is 3.67. The SMILES string of the molecule is CCc1nc2ccccn2c1C(O)c1ccc(OC)cc1. The summed E-state index contributed by atoms with van der Waals surface area (Å²) in [5.74, 6) is 0.778. The van der Waals surface area contributed by atoms with Crippen molar-refractivity contribution in [3.63, 3.8) is 0 Å². The van der Waals surface area contributed by atoms with Gasteiger partial charge in [0.2, 0.25) is 0 Å². The van der Waals surface area contributed by atoms with Crippen LogP contribution in [-0.4, -0.2) is 21.6 Å². The first-order valence-electron chi connectivity index (χ1n) is 7.02. The second-order valence-electron chi connectivity index (χ2n) is 4.90. The van der Waals surface area contributed by atoms with Crippen molar-refractivity contribution in [3.8, 4) is 5.75 Å². The molecule has 2 heterocycles. The lowest BCUT2D eigenvalue weighted by molar-refractivity contribution is 0.213. The number of aliphatic hydroxyl groups is 1. The number of benzene rings is 1. The predicted molar refractivity (Wildman–Crippen MR) is 81.6 cm³/mol. The minimum Gasteiger partial charge on any atom is -0.497 e. The molecular formula is C17H18N2O2. The summed E-state index contributed by atoms with van der Waals surface area (Å²) < 4.78 is 7.11. The van der Waals surface area contributed by atoms with Crippen LogP contribution in [0.1, 0.15) is 30.0 Å². The molecule has 1 atom stereocenters. The van der Waals surface area contributed by atoms with Gasteiger partial charge in [-0.25, -0.2) is 4.98 Å². The van der Waals surface area contributed by atoms with E-state index in [0.717, 1.165) is 34.8 Å². The molecule has 21 heavy (non-hydrogen) atoms. The van der Waals surface area contributed by atoms with Gasteiger partial charge in [0.25, 0.3) is 0 Å². The molecular weight excluding hydrogens is 264 g/mol. The number of fused-ring (bicyclic) bond motifs is 1. The first-order chi connectivity index (χ1) is 10.2. The number of hydrogen-bond acceptors (Lipinski definition) is 3. The van der Waals surface area contributed by atoms with E-state index in [1.165, 1.54) is 0 Å². The first kappa shape index (κ1) is 13.6. The number of aryl methyl sites for hydroxylation is 1. The number of imidazole rings is 1. The van der Waals surface area contributed by atoms with Gasteiger partial charge < -0.3 is 14.2 Å². The molecule has 4 nitrogen and oxygen atoms in total. The summed E-state index contributed by atoms with van der Waals surface area (Å²) in [6.45, 7) is 2.05. The van der Waals surface area contributed by atoms with Crippen LogP contribution in [0.4, 0.5) is 0 Å². The Kier molecular flexibility index (Phi) is 3.62. The molecule has 0 aliphatic heterocycles. The largest absolute Gasteiger partial charge is 0.497 e. The molecule has 0 radical (unpaired) electrons. The van der Waals surface area contributed by atoms with Gasteiger partial charge in [0.05, 0.1) is 18.5 Å². The molecule has 0 aliphatic carbocycles. The Hall–Kier alpha value is -2.33. The highest BCUT2D eigenvalue weighted by Gasteiger charge is 2.20. The Balaban J connectivity index is 2.09. The number of nitrogens with zero attached hydrogens (tertiary/aromatic N) is 2. The highest BCUT2D eigenvalue weighted by Crippen LogP contribution is 2.27. The molecule has 0 amide bonds. The summed E-state index contributed by atoms with van der Waals surface area (Å²) in [4.78, 5) is 4.59. The van der Waals surface area contributed by atoms with Gasteiger partial charge in [-0.15, -0.1) is 0 Å². The van der Waals surface area contributed by atoms with Gasteiger partial charge in [-0.05, 0) is 36.2 Å². The molecule has 0 fully saturated rings. The van der Waals surface area contributed by atoms with E-state index in [1.807, 2.05) is 60.0 Å². The fourth-order valence-electron chi connectivity index (χ4n) is 2.56. The summed E-state index contributed by atoms with van der Waals surface area (Å²) in [5, 5.41) is 10.8. The second-order valence-corrected chi connectivity index (χ2v) is 4.90. The van der Waals surface area contributed by atoms with E-state index in [-0.39, 0.29) is 0 Å². The zero-order valence-electron chi connectivity index (χ0n) is 12.2. The Morgan fingerprint density at radius 1 is 1.19 bits per heavy atom. The first-order valence-corrected chi connectivity index (χ1v) is 7.02. The van der Waals surface area contributed by atoms with Crippen LogP contribution in [0.5, 0.6) is 5.75 Å². The zero-order valence-corrected chi connectivity index (χ0v) is 12.2. The Bertz CT molecular complexity index is 747. The van der Waals surface area contributed by atoms with Crippen molar-refractivity contribution < 1.29 is 9.84 Å². The number of pyridine rings is 1. The molecule has 4 heteroatoms. The van der Waals surface area contributed by atoms with E-state index in [9.17, 15) is 5.11 Å². The van der Waals surface area contributed by atoms with Gasteiger partial charge in [-0.1, -0.05) is 25.1 Å². The molecule has 108 valence electrons. The Morgan fingerprint density at radius 2 is 1.95 bits per heavy atom. The van der Waals surface area contributed by atoms with Gasteiger partial charge in [0.1, 0.15) is 17.5 Å². The summed E-state index contributed by atoms with van der Waals surface area (Å²) in [6, 6.07) is 13.3. The lowest BCUT2D eigenvalue weighted by Crippen LogP contribution is -2.06. The second kappa shape index (κ2) is 5.58. The fourth-order valence-corrected chi connectivity index (χ4v) is 2.56. The van der Waals surface area contributed by atoms with Crippen LogP contribution < -0.4 is 4.74 Å². The highest BCUT2D eigenvalue weighted by molar-refractivity contribution is 5.46. The number of ether oxygens (including phenoxy) is 1. The van der Waals surface area contributed by atoms with Crippen LogP contribution in [0.25, 0.3) is 5.65 Å². The number of rotatable bonds is 4. The average Bonchev–Trinajstić information content (AvgIpc) is 2.92. The highest BCUT2D eigenvalue weighted by atomic mass is 16.5. The molecule has 1 N–H and O–H groups in total. The average molecular weight is 282 g/mol. The van der Waals surface area contributed by atoms with Crippen molar-refractivity contribution in [1.29, 1.82) is 0 Å². The van der Waals surface area contributed by atoms with Crippen LogP contribution in [0.3, 0.4) is 0 Å². The predicted octanol–water partition coefficient (Wildman–Crippen LogP) is 2.99. The molecule has 2 aromatic heterocycles. The van der Waals surface area contributed by atoms with Crippen LogP contribution in [-0.2, 0) is 6.42 Å². The third-order valence-corrected chi connectivity index (χ3v) is 3.67. The van der Waals surface area contributed by atoms with E-state index in [1.54, 1.807) is 7.11 Å². The van der Waals surface area contributed by atoms with Gasteiger partial charge >= 0.3 is 0 Å². The summed E-state index contributed by atoms with van der Waals surface area (Å²) in [6.07, 6.45) is 2.01. The van der Waals surface area contributed by atoms with Crippen LogP contribution in [0.2, 0.25) is 0 Å². The molecule has 0 saturated carbocycles. The van der Waals surface area contributed by atoms with E-state index in [4.69, 9.17) is 4.74 Å². The molecule has 3 rings (SSSR count). The molecule has 0 bridgehead atoms. The minimum atomic E-state index is -0.705. The lowest BCUT2D eigenvalue weighted by atomic mass is 10.0. The molecule has 1 unspecified atom stereocenters. The lowest BCUT2D eigenvalue weighted by Gasteiger charge is -2.13. The molecule has 0 spiro atoms. The quantitative estimate of drug-likeness (QED) is 0.800. The number of hydrogen-bond donors (Lipinski definition) is 1. The molecule has 0 aliphatic rings. The Labute approximate surface area is 123 Å². The van der Waals surface area contributed by atoms with E-state index in [2.05, 4.69) is 4.98 Å². The number of methoxy groups -OCH3 is 1. The van der Waals surface area contributed by atoms with Crippen molar-refractivity contribution in [3.05, 3.63) is 65.6 Å². The zero-order chi connectivity index (χ0) is 14.8. The molecule has 3 aromatic rings. The number of aliphatic hydroxyl groups excluding tert-OH is 1. The normalized spacial score (nSPS) is 12.5. The maximum atomic E-state index is 10.8. The van der Waals surface area contributed by atoms with Crippen LogP contribution in [0, 0.1) is 0 Å². The third kappa shape index (κ3) is 2.38. The van der Waals surface area contributed by atoms with Gasteiger partial charge in [0.15, 0.2) is 0 Å². The standard InChI is InChI=1S/C17H18N2O2/c1-3-14-16(19-11-5-4-6-15(19)18-14)17(20)12-7-9-13(21-2)10-8-12/h4-11,17,20H,3H2,1-2H3. The van der Waals surface area contributed by atoms with Crippen molar-refractivity contribution in [2.75, 3.05) is 7.11 Å². The van der Waals surface area contributed by atoms with E-state index >= 15 is 0 Å². The summed E-state index contributed by atoms with van der Waals surface area (Å²) >= 11 is 0. The van der Waals surface area contributed by atoms with Crippen LogP contribution in [0.15, 0.2) is 48.7 Å². The van der Waals surface area contributed by atoms with E-state index in [0.29, 0.717) is 0 Å². The van der Waals surface area contributed by atoms with Gasteiger partial charge in [0, 0.05) is 6.20 Å². The Morgan fingerprint density at radius 3 is 2.62 bits per heavy atom. The summed E-state index contributed by atoms with van der Waals surface area (Å²) in [5.41, 5.74) is 3.44. The minimum absolute atomic E-state index is 0.705. The monoisotopic (exact) mass is 282 g/mol. The van der Waals surface area contributed by atoms with Crippen molar-refractivity contribution in [1.82, 2.24) is 9.38 Å². The van der Waals surface area contributed by atoms with Crippen molar-refractivity contribution >= 4 is 5.65 Å². The molecule has 0 saturated heterocycles. The fraction of sp³-hybridized carbons (Fsp3) is 0.235. The molecule has 1 aromatic carbocycles. The maximum absolute atomic E-state index is 10.8. The van der Waals surface area contributed by atoms with E-state index < -0.39 is 6.10 Å².